The molecule has 0 fully saturated rings. The molecule has 1 amide bonds. The molecule has 0 atom stereocenters. The number of ether oxygens (including phenoxy) is 1. The fraction of sp³-hybridized carbons (Fsp3) is 0.172. The van der Waals surface area contributed by atoms with E-state index in [1.807, 2.05) is 60.7 Å². The van der Waals surface area contributed by atoms with E-state index >= 15 is 0 Å². The topological polar surface area (TPSA) is 50.7 Å². The number of para-hydroxylation sites is 1. The number of thiophene rings is 1. The van der Waals surface area contributed by atoms with Gasteiger partial charge in [-0.2, -0.15) is 0 Å². The van der Waals surface area contributed by atoms with Gasteiger partial charge in [-0.3, -0.25) is 4.79 Å². The molecule has 0 aliphatic heterocycles. The molecule has 36 heavy (non-hydrogen) atoms. The molecule has 3 aromatic carbocycles. The second kappa shape index (κ2) is 11.3. The fourth-order valence-corrected chi connectivity index (χ4v) is 5.76. The molecular formula is C29H24Cl2N2O2S. The van der Waals surface area contributed by atoms with Crippen LogP contribution in [-0.4, -0.2) is 12.1 Å². The van der Waals surface area contributed by atoms with Gasteiger partial charge < -0.3 is 10.1 Å². The maximum absolute atomic E-state index is 13.3. The molecule has 1 aliphatic rings. The number of rotatable bonds is 7. The average molecular weight is 535 g/mol. The first-order valence-corrected chi connectivity index (χ1v) is 13.4. The third kappa shape index (κ3) is 5.81. The monoisotopic (exact) mass is 534 g/mol. The normalized spacial score (nSPS) is 12.9. The number of hydrogen-bond donors (Lipinski definition) is 1. The largest absolute Gasteiger partial charge is 0.489 e. The molecule has 4 aromatic rings. The summed E-state index contributed by atoms with van der Waals surface area (Å²) < 4.78 is 5.95. The van der Waals surface area contributed by atoms with Crippen LogP contribution in [0.4, 0.5) is 10.7 Å². The van der Waals surface area contributed by atoms with Gasteiger partial charge in [-0.25, -0.2) is 4.99 Å². The van der Waals surface area contributed by atoms with E-state index in [0.29, 0.717) is 22.2 Å². The summed E-state index contributed by atoms with van der Waals surface area (Å²) in [5.41, 5.74) is 4.44. The van der Waals surface area contributed by atoms with Crippen molar-refractivity contribution in [2.45, 2.75) is 32.3 Å². The van der Waals surface area contributed by atoms with Crippen LogP contribution in [0.5, 0.6) is 5.75 Å². The molecule has 0 bridgehead atoms. The highest BCUT2D eigenvalue weighted by Crippen LogP contribution is 2.40. The molecule has 0 spiro atoms. The zero-order valence-electron chi connectivity index (χ0n) is 19.5. The molecule has 0 radical (unpaired) electrons. The van der Waals surface area contributed by atoms with Crippen molar-refractivity contribution < 1.29 is 9.53 Å². The summed E-state index contributed by atoms with van der Waals surface area (Å²) in [6.07, 6.45) is 5.95. The number of anilines is 1. The lowest BCUT2D eigenvalue weighted by Crippen LogP contribution is -2.14. The van der Waals surface area contributed by atoms with Gasteiger partial charge in [-0.05, 0) is 78.8 Å². The van der Waals surface area contributed by atoms with Crippen molar-refractivity contribution in [3.63, 3.8) is 0 Å². The minimum absolute atomic E-state index is 0.105. The molecule has 5 rings (SSSR count). The third-order valence-corrected chi connectivity index (χ3v) is 7.93. The van der Waals surface area contributed by atoms with Gasteiger partial charge in [0.05, 0.1) is 15.6 Å². The van der Waals surface area contributed by atoms with E-state index in [1.54, 1.807) is 29.7 Å². The van der Waals surface area contributed by atoms with Gasteiger partial charge in [0.25, 0.3) is 5.91 Å². The highest BCUT2D eigenvalue weighted by molar-refractivity contribution is 7.16. The molecule has 1 heterocycles. The maximum Gasteiger partial charge on any atom is 0.259 e. The second-order valence-electron chi connectivity index (χ2n) is 8.58. The van der Waals surface area contributed by atoms with Crippen molar-refractivity contribution >= 4 is 57.3 Å². The van der Waals surface area contributed by atoms with Gasteiger partial charge in [-0.1, -0.05) is 59.6 Å². The van der Waals surface area contributed by atoms with Crippen LogP contribution in [-0.2, 0) is 19.4 Å². The quantitative estimate of drug-likeness (QED) is 0.241. The van der Waals surface area contributed by atoms with Crippen LogP contribution in [0, 0.1) is 0 Å². The average Bonchev–Trinajstić information content (AvgIpc) is 3.28. The van der Waals surface area contributed by atoms with E-state index in [2.05, 4.69) is 5.32 Å². The van der Waals surface area contributed by atoms with Crippen LogP contribution in [0.2, 0.25) is 10.0 Å². The zero-order valence-corrected chi connectivity index (χ0v) is 21.8. The Morgan fingerprint density at radius 3 is 2.64 bits per heavy atom. The molecule has 0 saturated heterocycles. The van der Waals surface area contributed by atoms with Crippen molar-refractivity contribution in [1.29, 1.82) is 0 Å². The Morgan fingerprint density at radius 1 is 0.972 bits per heavy atom. The fourth-order valence-electron chi connectivity index (χ4n) is 4.21. The van der Waals surface area contributed by atoms with E-state index in [1.165, 1.54) is 4.88 Å². The van der Waals surface area contributed by atoms with Crippen LogP contribution < -0.4 is 10.1 Å². The number of nitrogens with one attached hydrogen (secondary N) is 1. The first kappa shape index (κ1) is 24.6. The van der Waals surface area contributed by atoms with E-state index in [9.17, 15) is 4.79 Å². The minimum Gasteiger partial charge on any atom is -0.489 e. The Hall–Kier alpha value is -3.12. The molecular weight excluding hydrogens is 511 g/mol. The summed E-state index contributed by atoms with van der Waals surface area (Å²) >= 11 is 13.7. The molecule has 0 unspecified atom stereocenters. The van der Waals surface area contributed by atoms with Crippen LogP contribution in [0.1, 0.15) is 44.8 Å². The Morgan fingerprint density at radius 2 is 1.81 bits per heavy atom. The number of hydrogen-bond acceptors (Lipinski definition) is 4. The number of nitrogens with zero attached hydrogens (tertiary/aromatic N) is 1. The summed E-state index contributed by atoms with van der Waals surface area (Å²) in [7, 11) is 0. The zero-order chi connectivity index (χ0) is 24.9. The van der Waals surface area contributed by atoms with Gasteiger partial charge in [0.1, 0.15) is 17.4 Å². The second-order valence-corrected chi connectivity index (χ2v) is 10.5. The lowest BCUT2D eigenvalue weighted by Gasteiger charge is -2.12. The maximum atomic E-state index is 13.3. The number of amides is 1. The highest BCUT2D eigenvalue weighted by Gasteiger charge is 2.25. The Balaban J connectivity index is 1.35. The van der Waals surface area contributed by atoms with Gasteiger partial charge in [0.15, 0.2) is 0 Å². The minimum atomic E-state index is -0.105. The molecule has 1 N–H and O–H groups in total. The van der Waals surface area contributed by atoms with E-state index in [0.717, 1.165) is 58.8 Å². The molecule has 0 saturated carbocycles. The SMILES string of the molecule is O=C(Nc1ccccc1)c1c(N=Cc2cccc(OCc3ccc(Cl)c(Cl)c3)c2)sc2c1CCCC2. The van der Waals surface area contributed by atoms with Crippen molar-refractivity contribution in [3.8, 4) is 5.75 Å². The number of carbonyl (C=O) groups excluding carboxylic acids is 1. The van der Waals surface area contributed by atoms with Crippen molar-refractivity contribution in [2.75, 3.05) is 5.32 Å². The summed E-state index contributed by atoms with van der Waals surface area (Å²) in [6.45, 7) is 0.374. The van der Waals surface area contributed by atoms with Crippen LogP contribution >= 0.6 is 34.5 Å². The first-order valence-electron chi connectivity index (χ1n) is 11.8. The number of aliphatic imine (C=N–C) groups is 1. The van der Waals surface area contributed by atoms with Crippen LogP contribution in [0.25, 0.3) is 0 Å². The van der Waals surface area contributed by atoms with Gasteiger partial charge in [0.2, 0.25) is 0 Å². The Bertz CT molecular complexity index is 1420. The van der Waals surface area contributed by atoms with Crippen LogP contribution in [0.3, 0.4) is 0 Å². The summed E-state index contributed by atoms with van der Waals surface area (Å²) in [4.78, 5) is 19.3. The van der Waals surface area contributed by atoms with Gasteiger partial charge in [-0.15, -0.1) is 11.3 Å². The van der Waals surface area contributed by atoms with Crippen LogP contribution in [0.15, 0.2) is 77.8 Å². The van der Waals surface area contributed by atoms with E-state index < -0.39 is 0 Å². The molecule has 1 aromatic heterocycles. The smallest absolute Gasteiger partial charge is 0.259 e. The van der Waals surface area contributed by atoms with Crippen molar-refractivity contribution in [3.05, 3.63) is 110 Å². The van der Waals surface area contributed by atoms with Crippen molar-refractivity contribution in [1.82, 2.24) is 0 Å². The Labute approximate surface area is 224 Å². The molecule has 7 heteroatoms. The summed E-state index contributed by atoms with van der Waals surface area (Å²) in [5.74, 6) is 0.615. The molecule has 182 valence electrons. The van der Waals surface area contributed by atoms with Crippen molar-refractivity contribution in [2.24, 2.45) is 4.99 Å². The van der Waals surface area contributed by atoms with Gasteiger partial charge in [0, 0.05) is 16.8 Å². The number of aryl methyl sites for hydroxylation is 1. The molecule has 1 aliphatic carbocycles. The molecule has 4 nitrogen and oxygen atoms in total. The number of halogens is 2. The number of fused-ring (bicyclic) bond motifs is 1. The predicted octanol–water partition coefficient (Wildman–Crippen LogP) is 8.52. The first-order chi connectivity index (χ1) is 17.6. The van der Waals surface area contributed by atoms with E-state index in [-0.39, 0.29) is 5.91 Å². The number of benzene rings is 3. The standard InChI is InChI=1S/C29H24Cl2N2O2S/c30-24-14-13-20(16-25(24)31)18-35-22-10-6-7-19(15-22)17-32-29-27(23-11-4-5-12-26(23)36-29)28(34)33-21-8-2-1-3-9-21/h1-3,6-10,13-17H,4-5,11-12,18H2,(H,33,34). The predicted molar refractivity (Wildman–Crippen MR) is 150 cm³/mol. The lowest BCUT2D eigenvalue weighted by molar-refractivity contribution is 0.102. The summed E-state index contributed by atoms with van der Waals surface area (Å²) in [6, 6.07) is 22.7. The van der Waals surface area contributed by atoms with Gasteiger partial charge >= 0.3 is 0 Å². The lowest BCUT2D eigenvalue weighted by atomic mass is 9.95. The summed E-state index contributed by atoms with van der Waals surface area (Å²) in [5, 5.41) is 4.81. The third-order valence-electron chi connectivity index (χ3n) is 5.99. The van der Waals surface area contributed by atoms with E-state index in [4.69, 9.17) is 32.9 Å². The number of carbonyl (C=O) groups is 1. The highest BCUT2D eigenvalue weighted by atomic mass is 35.5. The Kier molecular flexibility index (Phi) is 7.71.